The number of carbonyl (C=O) groups is 1. The Labute approximate surface area is 120 Å². The lowest BCUT2D eigenvalue weighted by molar-refractivity contribution is -0.121. The average Bonchev–Trinajstić information content (AvgIpc) is 2.96. The van der Waals surface area contributed by atoms with Crippen molar-refractivity contribution in [1.82, 2.24) is 9.88 Å². The fourth-order valence-corrected chi connectivity index (χ4v) is 1.95. The molecule has 20 heavy (non-hydrogen) atoms. The quantitative estimate of drug-likeness (QED) is 0.875. The van der Waals surface area contributed by atoms with E-state index in [1.165, 1.54) is 0 Å². The van der Waals surface area contributed by atoms with Crippen LogP contribution >= 0.6 is 0 Å². The zero-order chi connectivity index (χ0) is 14.4. The lowest BCUT2D eigenvalue weighted by Gasteiger charge is -2.13. The van der Waals surface area contributed by atoms with E-state index in [9.17, 15) is 4.79 Å². The maximum Gasteiger partial charge on any atom is 0.222 e. The van der Waals surface area contributed by atoms with E-state index in [4.69, 9.17) is 0 Å². The second-order valence-electron chi connectivity index (χ2n) is 5.01. The Balaban J connectivity index is 1.75. The van der Waals surface area contributed by atoms with Crippen molar-refractivity contribution in [2.24, 2.45) is 0 Å². The van der Waals surface area contributed by atoms with Crippen LogP contribution in [-0.2, 0) is 17.9 Å². The van der Waals surface area contributed by atoms with Crippen LogP contribution in [0.4, 0.5) is 5.69 Å². The molecule has 0 saturated carbocycles. The zero-order valence-electron chi connectivity index (χ0n) is 12.0. The molecule has 1 aromatic heterocycles. The van der Waals surface area contributed by atoms with Gasteiger partial charge in [0.1, 0.15) is 0 Å². The van der Waals surface area contributed by atoms with Crippen LogP contribution in [0.15, 0.2) is 48.8 Å². The van der Waals surface area contributed by atoms with Gasteiger partial charge in [-0.1, -0.05) is 12.1 Å². The van der Waals surface area contributed by atoms with Gasteiger partial charge in [-0.3, -0.25) is 4.79 Å². The normalized spacial score (nSPS) is 10.3. The molecule has 0 aliphatic heterocycles. The molecule has 0 aliphatic carbocycles. The third-order valence-corrected chi connectivity index (χ3v) is 3.21. The first-order valence-electron chi connectivity index (χ1n) is 6.79. The van der Waals surface area contributed by atoms with E-state index >= 15 is 0 Å². The van der Waals surface area contributed by atoms with Crippen LogP contribution in [0.2, 0.25) is 0 Å². The maximum atomic E-state index is 11.8. The maximum absolute atomic E-state index is 11.8. The summed E-state index contributed by atoms with van der Waals surface area (Å²) in [6.07, 6.45) is 4.44. The van der Waals surface area contributed by atoms with E-state index in [1.54, 1.807) is 0 Å². The van der Waals surface area contributed by atoms with Crippen LogP contribution < -0.4 is 10.2 Å². The van der Waals surface area contributed by atoms with Gasteiger partial charge in [-0.2, -0.15) is 0 Å². The zero-order valence-corrected chi connectivity index (χ0v) is 12.0. The fourth-order valence-electron chi connectivity index (χ4n) is 1.95. The van der Waals surface area contributed by atoms with Gasteiger partial charge in [0, 0.05) is 51.7 Å². The molecule has 2 aromatic rings. The number of benzene rings is 1. The topological polar surface area (TPSA) is 37.3 Å². The Morgan fingerprint density at radius 1 is 1.15 bits per heavy atom. The van der Waals surface area contributed by atoms with Gasteiger partial charge < -0.3 is 14.8 Å². The van der Waals surface area contributed by atoms with Crippen LogP contribution in [-0.4, -0.2) is 24.6 Å². The number of carbonyl (C=O) groups excluding carboxylic acids is 1. The Hall–Kier alpha value is -2.23. The van der Waals surface area contributed by atoms with Gasteiger partial charge in [-0.25, -0.2) is 0 Å². The van der Waals surface area contributed by atoms with Crippen LogP contribution in [0.25, 0.3) is 0 Å². The van der Waals surface area contributed by atoms with Gasteiger partial charge >= 0.3 is 0 Å². The highest BCUT2D eigenvalue weighted by Gasteiger charge is 2.02. The third-order valence-electron chi connectivity index (χ3n) is 3.21. The Bertz CT molecular complexity index is 529. The largest absolute Gasteiger partial charge is 0.378 e. The molecule has 0 saturated heterocycles. The van der Waals surface area contributed by atoms with Crippen LogP contribution in [0, 0.1) is 0 Å². The van der Waals surface area contributed by atoms with E-state index in [1.807, 2.05) is 55.3 Å². The van der Waals surface area contributed by atoms with Gasteiger partial charge in [-0.05, 0) is 29.8 Å². The van der Waals surface area contributed by atoms with E-state index < -0.39 is 0 Å². The number of hydrogen-bond donors (Lipinski definition) is 1. The molecule has 0 bridgehead atoms. The highest BCUT2D eigenvalue weighted by Crippen LogP contribution is 2.11. The second-order valence-corrected chi connectivity index (χ2v) is 5.01. The number of nitrogens with one attached hydrogen (secondary N) is 1. The number of aromatic nitrogens is 1. The first-order valence-corrected chi connectivity index (χ1v) is 6.79. The van der Waals surface area contributed by atoms with Crippen LogP contribution in [0.3, 0.4) is 0 Å². The van der Waals surface area contributed by atoms with Crippen molar-refractivity contribution < 1.29 is 4.79 Å². The summed E-state index contributed by atoms with van der Waals surface area (Å²) in [7, 11) is 4.02. The minimum atomic E-state index is 0.0791. The number of amides is 1. The Kier molecular flexibility index (Phi) is 4.82. The van der Waals surface area contributed by atoms with E-state index in [0.717, 1.165) is 17.8 Å². The highest BCUT2D eigenvalue weighted by molar-refractivity contribution is 5.75. The molecular weight excluding hydrogens is 250 g/mol. The monoisotopic (exact) mass is 271 g/mol. The Morgan fingerprint density at radius 2 is 1.80 bits per heavy atom. The molecule has 1 amide bonds. The summed E-state index contributed by atoms with van der Waals surface area (Å²) in [5, 5.41) is 2.94. The van der Waals surface area contributed by atoms with Crippen molar-refractivity contribution in [2.45, 2.75) is 19.5 Å². The van der Waals surface area contributed by atoms with E-state index in [2.05, 4.69) is 22.3 Å². The molecule has 0 unspecified atom stereocenters. The minimum absolute atomic E-state index is 0.0791. The molecule has 0 atom stereocenters. The highest BCUT2D eigenvalue weighted by atomic mass is 16.1. The molecule has 1 N–H and O–H groups in total. The number of nitrogens with zero attached hydrogens (tertiary/aromatic N) is 2. The molecule has 0 spiro atoms. The standard InChI is InChI=1S/C16H21N3O/c1-18(2)15-7-5-14(6-8-15)13-17-16(20)9-12-19-10-3-4-11-19/h3-8,10-11H,9,12-13H2,1-2H3,(H,17,20). The molecule has 0 fully saturated rings. The number of rotatable bonds is 6. The average molecular weight is 271 g/mol. The number of aryl methyl sites for hydroxylation is 1. The van der Waals surface area contributed by atoms with Gasteiger partial charge in [0.2, 0.25) is 5.91 Å². The molecule has 2 rings (SSSR count). The lowest BCUT2D eigenvalue weighted by atomic mass is 10.2. The number of hydrogen-bond acceptors (Lipinski definition) is 2. The molecular formula is C16H21N3O. The van der Waals surface area contributed by atoms with Gasteiger partial charge in [0.05, 0.1) is 0 Å². The molecule has 0 aliphatic rings. The molecule has 1 aromatic carbocycles. The lowest BCUT2D eigenvalue weighted by Crippen LogP contribution is -2.23. The second kappa shape index (κ2) is 6.80. The van der Waals surface area contributed by atoms with Crippen molar-refractivity contribution in [3.63, 3.8) is 0 Å². The van der Waals surface area contributed by atoms with Gasteiger partial charge in [0.25, 0.3) is 0 Å². The predicted molar refractivity (Wildman–Crippen MR) is 81.7 cm³/mol. The smallest absolute Gasteiger partial charge is 0.222 e. The summed E-state index contributed by atoms with van der Waals surface area (Å²) in [5.41, 5.74) is 2.28. The molecule has 106 valence electrons. The molecule has 4 nitrogen and oxygen atoms in total. The van der Waals surface area contributed by atoms with Crippen molar-refractivity contribution in [1.29, 1.82) is 0 Å². The van der Waals surface area contributed by atoms with Gasteiger partial charge in [0.15, 0.2) is 0 Å². The van der Waals surface area contributed by atoms with Crippen LogP contribution in [0.1, 0.15) is 12.0 Å². The summed E-state index contributed by atoms with van der Waals surface area (Å²) in [4.78, 5) is 13.8. The summed E-state index contributed by atoms with van der Waals surface area (Å²) in [6.45, 7) is 1.30. The summed E-state index contributed by atoms with van der Waals surface area (Å²) in [5.74, 6) is 0.0791. The van der Waals surface area contributed by atoms with E-state index in [-0.39, 0.29) is 5.91 Å². The first kappa shape index (κ1) is 14.2. The first-order chi connectivity index (χ1) is 9.65. The molecule has 4 heteroatoms. The summed E-state index contributed by atoms with van der Waals surface area (Å²) >= 11 is 0. The number of anilines is 1. The van der Waals surface area contributed by atoms with Crippen molar-refractivity contribution in [3.8, 4) is 0 Å². The summed E-state index contributed by atoms with van der Waals surface area (Å²) in [6, 6.07) is 12.1. The third kappa shape index (κ3) is 4.16. The summed E-state index contributed by atoms with van der Waals surface area (Å²) < 4.78 is 2.01. The van der Waals surface area contributed by atoms with Crippen molar-refractivity contribution in [2.75, 3.05) is 19.0 Å². The Morgan fingerprint density at radius 3 is 2.40 bits per heavy atom. The van der Waals surface area contributed by atoms with Crippen LogP contribution in [0.5, 0.6) is 0 Å². The van der Waals surface area contributed by atoms with E-state index in [0.29, 0.717) is 13.0 Å². The van der Waals surface area contributed by atoms with Crippen molar-refractivity contribution >= 4 is 11.6 Å². The van der Waals surface area contributed by atoms with Gasteiger partial charge in [-0.15, -0.1) is 0 Å². The SMILES string of the molecule is CN(C)c1ccc(CNC(=O)CCn2cccc2)cc1. The fraction of sp³-hybridized carbons (Fsp3) is 0.312. The molecule has 0 radical (unpaired) electrons. The predicted octanol–water partition coefficient (Wildman–Crippen LogP) is 2.26. The van der Waals surface area contributed by atoms with Crippen molar-refractivity contribution in [3.05, 3.63) is 54.4 Å². The molecule has 1 heterocycles. The minimum Gasteiger partial charge on any atom is -0.378 e.